The zero-order valence-electron chi connectivity index (χ0n) is 8.12. The van der Waals surface area contributed by atoms with Crippen LogP contribution in [0.1, 0.15) is 19.4 Å². The molecule has 0 saturated heterocycles. The van der Waals surface area contributed by atoms with Gasteiger partial charge in [0.25, 0.3) is 0 Å². The first-order chi connectivity index (χ1) is 6.53. The largest absolute Gasteiger partial charge is 0.288 e. The predicted octanol–water partition coefficient (Wildman–Crippen LogP) is 2.76. The number of benzene rings is 1. The molecular weight excluding hydrogens is 242 g/mol. The summed E-state index contributed by atoms with van der Waals surface area (Å²) in [6.07, 6.45) is 3.54. The molecule has 0 N–H and O–H groups in total. The smallest absolute Gasteiger partial charge is 0.227 e. The van der Waals surface area contributed by atoms with Crippen molar-refractivity contribution in [2.24, 2.45) is 4.99 Å². The second-order valence-electron chi connectivity index (χ2n) is 3.47. The van der Waals surface area contributed by atoms with E-state index in [0.29, 0.717) is 0 Å². The molecule has 0 atom stereocenters. The monoisotopic (exact) mass is 252 g/mol. The van der Waals surface area contributed by atoms with Gasteiger partial charge in [-0.2, -0.15) is 0 Å². The summed E-state index contributed by atoms with van der Waals surface area (Å²) in [7, 11) is 0. The number of hydrogen-bond donors (Lipinski definition) is 0. The molecule has 73 valence electrons. The van der Waals surface area contributed by atoms with E-state index in [1.54, 1.807) is 20.1 Å². The Kier molecular flexibility index (Phi) is 3.58. The summed E-state index contributed by atoms with van der Waals surface area (Å²) in [6.45, 7) is 3.43. The molecule has 0 saturated carbocycles. The average Bonchev–Trinajstić information content (AvgIpc) is 2.15. The normalized spacial score (nSPS) is 11.9. The molecule has 0 spiro atoms. The van der Waals surface area contributed by atoms with Crippen molar-refractivity contribution in [1.29, 1.82) is 0 Å². The molecule has 0 heterocycles. The minimum absolute atomic E-state index is 0.762. The summed E-state index contributed by atoms with van der Waals surface area (Å²) in [5.41, 5.74) is 0.199. The van der Waals surface area contributed by atoms with E-state index in [0.717, 1.165) is 10.0 Å². The molecule has 0 unspecified atom stereocenters. The van der Waals surface area contributed by atoms with E-state index in [9.17, 15) is 4.79 Å². The lowest BCUT2D eigenvalue weighted by molar-refractivity contribution is 0.517. The highest BCUT2D eigenvalue weighted by molar-refractivity contribution is 9.10. The van der Waals surface area contributed by atoms with Crippen LogP contribution >= 0.6 is 15.9 Å². The Morgan fingerprint density at radius 3 is 2.79 bits per heavy atom. The van der Waals surface area contributed by atoms with Gasteiger partial charge < -0.3 is 0 Å². The fraction of sp³-hybridized carbons (Fsp3) is 0.273. The summed E-state index contributed by atoms with van der Waals surface area (Å²) in [5.74, 6) is 0. The van der Waals surface area contributed by atoms with Crippen molar-refractivity contribution in [2.45, 2.75) is 19.4 Å². The Labute approximate surface area is 92.2 Å². The number of halogens is 1. The Hall–Kier alpha value is -0.960. The van der Waals surface area contributed by atoms with Crippen molar-refractivity contribution < 1.29 is 4.79 Å². The zero-order chi connectivity index (χ0) is 10.6. The molecule has 0 aromatic heterocycles. The van der Waals surface area contributed by atoms with Crippen LogP contribution in [0.25, 0.3) is 0 Å². The molecule has 1 radical (unpaired) electrons. The van der Waals surface area contributed by atoms with E-state index in [-0.39, 0.29) is 0 Å². The lowest BCUT2D eigenvalue weighted by Gasteiger charge is -2.07. The quantitative estimate of drug-likeness (QED) is 0.761. The maximum atomic E-state index is 10.5. The first kappa shape index (κ1) is 11.1. The van der Waals surface area contributed by atoms with Gasteiger partial charge in [-0.3, -0.25) is 9.79 Å². The molecule has 0 aliphatic heterocycles. The molecular formula is C11H11BrNO. The Morgan fingerprint density at radius 1 is 1.50 bits per heavy atom. The topological polar surface area (TPSA) is 29.4 Å². The van der Waals surface area contributed by atoms with Crippen molar-refractivity contribution in [3.63, 3.8) is 0 Å². The minimum Gasteiger partial charge on any atom is -0.288 e. The first-order valence-corrected chi connectivity index (χ1v) is 5.03. The van der Waals surface area contributed by atoms with Crippen molar-refractivity contribution in [3.8, 4) is 0 Å². The molecule has 1 aromatic carbocycles. The van der Waals surface area contributed by atoms with E-state index in [4.69, 9.17) is 0 Å². The third kappa shape index (κ3) is 3.42. The van der Waals surface area contributed by atoms with Gasteiger partial charge in [-0.1, -0.05) is 28.1 Å². The molecule has 0 fully saturated rings. The highest BCUT2D eigenvalue weighted by atomic mass is 79.9. The number of aliphatic imine (C=N–C) groups is 1. The van der Waals surface area contributed by atoms with Crippen LogP contribution in [0.15, 0.2) is 33.7 Å². The number of nitrogens with zero attached hydrogens (tertiary/aromatic N) is 1. The number of rotatable bonds is 3. The van der Waals surface area contributed by atoms with Crippen molar-refractivity contribution in [3.05, 3.63) is 34.3 Å². The average molecular weight is 253 g/mol. The fourth-order valence-electron chi connectivity index (χ4n) is 0.849. The lowest BCUT2D eigenvalue weighted by atomic mass is 10.1. The third-order valence-corrected chi connectivity index (χ3v) is 2.13. The van der Waals surface area contributed by atoms with Crippen LogP contribution in [0, 0.1) is 0 Å². The van der Waals surface area contributed by atoms with Crippen molar-refractivity contribution >= 4 is 28.4 Å². The van der Waals surface area contributed by atoms with Gasteiger partial charge in [0.05, 0.1) is 0 Å². The fourth-order valence-corrected chi connectivity index (χ4v) is 1.27. The molecule has 0 bridgehead atoms. The van der Waals surface area contributed by atoms with Gasteiger partial charge in [-0.25, -0.2) is 0 Å². The van der Waals surface area contributed by atoms with E-state index >= 15 is 0 Å². The second kappa shape index (κ2) is 4.51. The molecule has 0 aliphatic carbocycles. The van der Waals surface area contributed by atoms with Crippen LogP contribution in [0.3, 0.4) is 0 Å². The lowest BCUT2D eigenvalue weighted by Crippen LogP contribution is -2.18. The summed E-state index contributed by atoms with van der Waals surface area (Å²) < 4.78 is 0.995. The van der Waals surface area contributed by atoms with Crippen LogP contribution in [0.5, 0.6) is 0 Å². The SMILES string of the molecule is CC(C)([C]=O)/N=C/c1cccc(Br)c1. The molecule has 3 heteroatoms. The van der Waals surface area contributed by atoms with E-state index < -0.39 is 5.54 Å². The van der Waals surface area contributed by atoms with Gasteiger partial charge in [0.15, 0.2) is 0 Å². The van der Waals surface area contributed by atoms with Gasteiger partial charge in [-0.05, 0) is 31.5 Å². The molecule has 1 aromatic rings. The molecule has 0 aliphatic rings. The zero-order valence-corrected chi connectivity index (χ0v) is 9.71. The van der Waals surface area contributed by atoms with E-state index in [1.165, 1.54) is 0 Å². The van der Waals surface area contributed by atoms with Crippen LogP contribution in [-0.2, 0) is 4.79 Å². The molecule has 0 amide bonds. The number of hydrogen-bond acceptors (Lipinski definition) is 2. The third-order valence-electron chi connectivity index (χ3n) is 1.63. The van der Waals surface area contributed by atoms with Crippen LogP contribution in [0.2, 0.25) is 0 Å². The maximum Gasteiger partial charge on any atom is 0.227 e. The van der Waals surface area contributed by atoms with E-state index in [2.05, 4.69) is 20.9 Å². The van der Waals surface area contributed by atoms with Gasteiger partial charge in [0, 0.05) is 10.7 Å². The summed E-state index contributed by atoms with van der Waals surface area (Å²) >= 11 is 3.36. The van der Waals surface area contributed by atoms with Crippen LogP contribution in [0.4, 0.5) is 0 Å². The highest BCUT2D eigenvalue weighted by Gasteiger charge is 2.13. The highest BCUT2D eigenvalue weighted by Crippen LogP contribution is 2.11. The Bertz CT molecular complexity index is 358. The van der Waals surface area contributed by atoms with Gasteiger partial charge >= 0.3 is 0 Å². The van der Waals surface area contributed by atoms with E-state index in [1.807, 2.05) is 30.6 Å². The molecule has 14 heavy (non-hydrogen) atoms. The Balaban J connectivity index is 2.83. The summed E-state index contributed by atoms with van der Waals surface area (Å²) in [5, 5.41) is 0. The maximum absolute atomic E-state index is 10.5. The predicted molar refractivity (Wildman–Crippen MR) is 61.5 cm³/mol. The summed E-state index contributed by atoms with van der Waals surface area (Å²) in [6, 6.07) is 7.72. The molecule has 1 rings (SSSR count). The summed E-state index contributed by atoms with van der Waals surface area (Å²) in [4.78, 5) is 14.6. The first-order valence-electron chi connectivity index (χ1n) is 4.23. The second-order valence-corrected chi connectivity index (χ2v) is 4.39. The standard InChI is InChI=1S/C11H11BrNO/c1-11(2,8-14)13-7-9-4-3-5-10(12)6-9/h3-7H,1-2H3/b13-7+. The minimum atomic E-state index is -0.762. The van der Waals surface area contributed by atoms with Crippen LogP contribution < -0.4 is 0 Å². The van der Waals surface area contributed by atoms with Gasteiger partial charge in [-0.15, -0.1) is 0 Å². The molecule has 2 nitrogen and oxygen atoms in total. The van der Waals surface area contributed by atoms with Gasteiger partial charge in [0.2, 0.25) is 6.29 Å². The van der Waals surface area contributed by atoms with Crippen molar-refractivity contribution in [2.75, 3.05) is 0 Å². The van der Waals surface area contributed by atoms with Crippen LogP contribution in [-0.4, -0.2) is 18.0 Å². The number of carbonyl (C=O) groups excluding carboxylic acids is 1. The van der Waals surface area contributed by atoms with Gasteiger partial charge in [0.1, 0.15) is 5.54 Å². The van der Waals surface area contributed by atoms with Crippen molar-refractivity contribution in [1.82, 2.24) is 0 Å². The Morgan fingerprint density at radius 2 is 2.21 bits per heavy atom.